The van der Waals surface area contributed by atoms with Gasteiger partial charge in [-0.15, -0.1) is 0 Å². The minimum Gasteiger partial charge on any atom is -0.383 e. The lowest BCUT2D eigenvalue weighted by atomic mass is 10.0. The Morgan fingerprint density at radius 2 is 1.33 bits per heavy atom. The number of halogens is 4. The van der Waals surface area contributed by atoms with Crippen molar-refractivity contribution in [3.63, 3.8) is 0 Å². The molecule has 0 aliphatic heterocycles. The van der Waals surface area contributed by atoms with E-state index in [2.05, 4.69) is 0 Å². The SMILES string of the molecule is OC(c1ccc(F)cc1F)c1cc(F)ccc1F. The van der Waals surface area contributed by atoms with E-state index in [1.807, 2.05) is 0 Å². The van der Waals surface area contributed by atoms with Gasteiger partial charge >= 0.3 is 0 Å². The van der Waals surface area contributed by atoms with Crippen LogP contribution in [0.25, 0.3) is 0 Å². The summed E-state index contributed by atoms with van der Waals surface area (Å²) in [6, 6.07) is 4.96. The number of rotatable bonds is 2. The predicted molar refractivity (Wildman–Crippen MR) is 56.8 cm³/mol. The van der Waals surface area contributed by atoms with Gasteiger partial charge < -0.3 is 5.11 Å². The topological polar surface area (TPSA) is 20.2 Å². The fraction of sp³-hybridized carbons (Fsp3) is 0.0769. The first-order valence-electron chi connectivity index (χ1n) is 5.07. The molecule has 0 amide bonds. The maximum Gasteiger partial charge on any atom is 0.132 e. The Bertz CT molecular complexity index is 583. The van der Waals surface area contributed by atoms with Crippen LogP contribution in [0.4, 0.5) is 17.6 Å². The van der Waals surface area contributed by atoms with Crippen LogP contribution in [-0.2, 0) is 0 Å². The minimum absolute atomic E-state index is 0.319. The second kappa shape index (κ2) is 4.78. The summed E-state index contributed by atoms with van der Waals surface area (Å²) in [4.78, 5) is 0. The van der Waals surface area contributed by atoms with Gasteiger partial charge in [0.1, 0.15) is 29.4 Å². The van der Waals surface area contributed by atoms with Gasteiger partial charge in [0.05, 0.1) is 0 Å². The smallest absolute Gasteiger partial charge is 0.132 e. The lowest BCUT2D eigenvalue weighted by Crippen LogP contribution is -2.06. The average Bonchev–Trinajstić information content (AvgIpc) is 2.31. The highest BCUT2D eigenvalue weighted by Crippen LogP contribution is 2.27. The molecule has 0 fully saturated rings. The molecule has 0 aliphatic carbocycles. The van der Waals surface area contributed by atoms with Gasteiger partial charge in [-0.25, -0.2) is 17.6 Å². The van der Waals surface area contributed by atoms with Gasteiger partial charge in [-0.1, -0.05) is 6.07 Å². The molecule has 94 valence electrons. The van der Waals surface area contributed by atoms with E-state index in [1.54, 1.807) is 0 Å². The Labute approximate surface area is 100 Å². The van der Waals surface area contributed by atoms with Crippen molar-refractivity contribution in [2.45, 2.75) is 6.10 Å². The monoisotopic (exact) mass is 256 g/mol. The summed E-state index contributed by atoms with van der Waals surface area (Å²) < 4.78 is 52.5. The Morgan fingerprint density at radius 3 is 2.00 bits per heavy atom. The molecule has 2 aromatic carbocycles. The first kappa shape index (κ1) is 12.6. The van der Waals surface area contributed by atoms with Crippen molar-refractivity contribution in [3.8, 4) is 0 Å². The number of aliphatic hydroxyl groups excluding tert-OH is 1. The van der Waals surface area contributed by atoms with E-state index < -0.39 is 34.9 Å². The van der Waals surface area contributed by atoms with Crippen LogP contribution in [0.5, 0.6) is 0 Å². The van der Waals surface area contributed by atoms with E-state index in [-0.39, 0.29) is 5.56 Å². The van der Waals surface area contributed by atoms with Crippen molar-refractivity contribution in [1.29, 1.82) is 0 Å². The van der Waals surface area contributed by atoms with Gasteiger partial charge in [-0.2, -0.15) is 0 Å². The van der Waals surface area contributed by atoms with Crippen LogP contribution in [0, 0.1) is 23.3 Å². The minimum atomic E-state index is -1.69. The zero-order valence-corrected chi connectivity index (χ0v) is 9.00. The fourth-order valence-electron chi connectivity index (χ4n) is 1.61. The molecule has 0 heterocycles. The highest BCUT2D eigenvalue weighted by atomic mass is 19.1. The van der Waals surface area contributed by atoms with Gasteiger partial charge in [0.25, 0.3) is 0 Å². The Kier molecular flexibility index (Phi) is 3.34. The molecule has 2 rings (SSSR count). The standard InChI is InChI=1S/C13H8F4O/c14-7-2-4-11(16)10(5-7)13(18)9-3-1-8(15)6-12(9)17/h1-6,13,18H. The molecule has 1 nitrogen and oxygen atoms in total. The van der Waals surface area contributed by atoms with Crippen LogP contribution in [0.1, 0.15) is 17.2 Å². The second-order valence-electron chi connectivity index (χ2n) is 3.73. The largest absolute Gasteiger partial charge is 0.383 e. The molecule has 0 spiro atoms. The van der Waals surface area contributed by atoms with Crippen molar-refractivity contribution in [2.75, 3.05) is 0 Å². The highest BCUT2D eigenvalue weighted by molar-refractivity contribution is 5.32. The molecule has 5 heteroatoms. The molecule has 18 heavy (non-hydrogen) atoms. The van der Waals surface area contributed by atoms with E-state index >= 15 is 0 Å². The number of hydrogen-bond acceptors (Lipinski definition) is 1. The van der Waals surface area contributed by atoms with Crippen molar-refractivity contribution < 1.29 is 22.7 Å². The van der Waals surface area contributed by atoms with Crippen LogP contribution in [-0.4, -0.2) is 5.11 Å². The van der Waals surface area contributed by atoms with Gasteiger partial charge in [-0.05, 0) is 24.3 Å². The predicted octanol–water partition coefficient (Wildman–Crippen LogP) is 3.32. The quantitative estimate of drug-likeness (QED) is 0.817. The average molecular weight is 256 g/mol. The molecular formula is C13H8F4O. The zero-order valence-electron chi connectivity index (χ0n) is 9.00. The maximum atomic E-state index is 13.4. The van der Waals surface area contributed by atoms with E-state index in [9.17, 15) is 22.7 Å². The molecule has 1 N–H and O–H groups in total. The number of aliphatic hydroxyl groups is 1. The molecule has 1 unspecified atom stereocenters. The summed E-state index contributed by atoms with van der Waals surface area (Å²) in [6.45, 7) is 0. The van der Waals surface area contributed by atoms with Gasteiger partial charge in [0.15, 0.2) is 0 Å². The van der Waals surface area contributed by atoms with Crippen molar-refractivity contribution in [1.82, 2.24) is 0 Å². The van der Waals surface area contributed by atoms with Crippen molar-refractivity contribution >= 4 is 0 Å². The summed E-state index contributed by atoms with van der Waals surface area (Å²) in [7, 11) is 0. The number of hydrogen-bond donors (Lipinski definition) is 1. The first-order valence-corrected chi connectivity index (χ1v) is 5.07. The molecule has 2 aromatic rings. The third-order valence-corrected chi connectivity index (χ3v) is 2.51. The summed E-state index contributed by atoms with van der Waals surface area (Å²) in [5, 5.41) is 9.80. The van der Waals surface area contributed by atoms with Crippen LogP contribution in [0.3, 0.4) is 0 Å². The molecule has 0 aliphatic rings. The lowest BCUT2D eigenvalue weighted by Gasteiger charge is -2.13. The molecule has 0 aromatic heterocycles. The normalized spacial score (nSPS) is 12.5. The second-order valence-corrected chi connectivity index (χ2v) is 3.73. The summed E-state index contributed by atoms with van der Waals surface area (Å²) >= 11 is 0. The summed E-state index contributed by atoms with van der Waals surface area (Å²) in [5.41, 5.74) is -0.721. The van der Waals surface area contributed by atoms with Gasteiger partial charge in [0, 0.05) is 17.2 Å². The van der Waals surface area contributed by atoms with E-state index in [1.165, 1.54) is 0 Å². The van der Waals surface area contributed by atoms with Crippen LogP contribution >= 0.6 is 0 Å². The Balaban J connectivity index is 2.47. The van der Waals surface area contributed by atoms with Gasteiger partial charge in [-0.3, -0.25) is 0 Å². The fourth-order valence-corrected chi connectivity index (χ4v) is 1.61. The Morgan fingerprint density at radius 1 is 0.722 bits per heavy atom. The molecule has 1 atom stereocenters. The maximum absolute atomic E-state index is 13.4. The summed E-state index contributed by atoms with van der Waals surface area (Å²) in [6.07, 6.45) is -1.69. The van der Waals surface area contributed by atoms with Crippen LogP contribution < -0.4 is 0 Å². The third-order valence-electron chi connectivity index (χ3n) is 2.51. The molecule has 0 saturated carbocycles. The van der Waals surface area contributed by atoms with Crippen LogP contribution in [0.15, 0.2) is 36.4 Å². The Hall–Kier alpha value is -1.88. The lowest BCUT2D eigenvalue weighted by molar-refractivity contribution is 0.209. The number of benzene rings is 2. The molecule has 0 saturated heterocycles. The third kappa shape index (κ3) is 2.36. The zero-order chi connectivity index (χ0) is 13.3. The van der Waals surface area contributed by atoms with E-state index in [0.29, 0.717) is 6.07 Å². The van der Waals surface area contributed by atoms with Crippen molar-refractivity contribution in [2.24, 2.45) is 0 Å². The first-order chi connectivity index (χ1) is 8.49. The van der Waals surface area contributed by atoms with Gasteiger partial charge in [0.2, 0.25) is 0 Å². The van der Waals surface area contributed by atoms with Crippen LogP contribution in [0.2, 0.25) is 0 Å². The molecule has 0 radical (unpaired) electrons. The van der Waals surface area contributed by atoms with E-state index in [0.717, 1.165) is 30.3 Å². The summed E-state index contributed by atoms with van der Waals surface area (Å²) in [5.74, 6) is -3.46. The van der Waals surface area contributed by atoms with E-state index in [4.69, 9.17) is 0 Å². The molecular weight excluding hydrogens is 248 g/mol. The molecule has 0 bridgehead atoms. The van der Waals surface area contributed by atoms with Crippen molar-refractivity contribution in [3.05, 3.63) is 70.8 Å². The highest BCUT2D eigenvalue weighted by Gasteiger charge is 2.19.